The number of furan rings is 1. The second-order valence-electron chi connectivity index (χ2n) is 6.84. The zero-order chi connectivity index (χ0) is 20.1. The lowest BCUT2D eigenvalue weighted by Crippen LogP contribution is -2.42. The van der Waals surface area contributed by atoms with Crippen molar-refractivity contribution >= 4 is 32.1 Å². The third-order valence-electron chi connectivity index (χ3n) is 4.62. The van der Waals surface area contributed by atoms with Gasteiger partial charge in [-0.1, -0.05) is 0 Å². The highest BCUT2D eigenvalue weighted by Gasteiger charge is 2.33. The van der Waals surface area contributed by atoms with Gasteiger partial charge in [-0.05, 0) is 58.7 Å². The van der Waals surface area contributed by atoms with E-state index in [0.717, 1.165) is 6.29 Å². The van der Waals surface area contributed by atoms with Crippen LogP contribution in [0.25, 0.3) is 0 Å². The first kappa shape index (κ1) is 21.0. The number of halogens is 1. The van der Waals surface area contributed by atoms with Gasteiger partial charge < -0.3 is 14.3 Å². The molecule has 28 heavy (non-hydrogen) atoms. The predicted molar refractivity (Wildman–Crippen MR) is 107 cm³/mol. The van der Waals surface area contributed by atoms with Crippen LogP contribution in [0.3, 0.4) is 0 Å². The number of nitrogens with zero attached hydrogens (tertiary/aromatic N) is 1. The van der Waals surface area contributed by atoms with Gasteiger partial charge in [0.1, 0.15) is 30.5 Å². The van der Waals surface area contributed by atoms with Gasteiger partial charge in [-0.15, -0.1) is 0 Å². The van der Waals surface area contributed by atoms with E-state index in [4.69, 9.17) is 9.15 Å². The van der Waals surface area contributed by atoms with Crippen LogP contribution in [0.2, 0.25) is 0 Å². The molecule has 1 aliphatic heterocycles. The molecule has 2 atom stereocenters. The van der Waals surface area contributed by atoms with E-state index in [1.54, 1.807) is 30.3 Å². The summed E-state index contributed by atoms with van der Waals surface area (Å²) in [6.07, 6.45) is 0.469. The Morgan fingerprint density at radius 2 is 2.04 bits per heavy atom. The average Bonchev–Trinajstić information content (AvgIpc) is 3.24. The Morgan fingerprint density at radius 3 is 2.61 bits per heavy atom. The summed E-state index contributed by atoms with van der Waals surface area (Å²) in [4.78, 5) is 12.6. The number of rotatable bonds is 9. The Kier molecular flexibility index (Phi) is 6.92. The second-order valence-corrected chi connectivity index (χ2v) is 9.85. The van der Waals surface area contributed by atoms with Crippen molar-refractivity contribution in [2.75, 3.05) is 24.7 Å². The molecular formula is C19H22BrNO6S. The quantitative estimate of drug-likeness (QED) is 0.560. The number of aldehydes is 1. The molecule has 1 N–H and O–H groups in total. The van der Waals surface area contributed by atoms with Gasteiger partial charge >= 0.3 is 0 Å². The number of benzene rings is 1. The van der Waals surface area contributed by atoms with Gasteiger partial charge in [0.25, 0.3) is 0 Å². The maximum absolute atomic E-state index is 11.9. The molecule has 7 nitrogen and oxygen atoms in total. The van der Waals surface area contributed by atoms with Crippen LogP contribution in [-0.4, -0.2) is 61.5 Å². The number of carbonyl (C=O) groups is 1. The fraction of sp³-hybridized carbons (Fsp3) is 0.421. The number of aliphatic hydroxyl groups excluding tert-OH is 1. The van der Waals surface area contributed by atoms with E-state index < -0.39 is 15.9 Å². The molecule has 2 aromatic rings. The van der Waals surface area contributed by atoms with Gasteiger partial charge in [-0.2, -0.15) is 0 Å². The van der Waals surface area contributed by atoms with Crippen LogP contribution in [0.5, 0.6) is 5.75 Å². The van der Waals surface area contributed by atoms with Gasteiger partial charge in [-0.3, -0.25) is 9.69 Å². The van der Waals surface area contributed by atoms with Crippen LogP contribution in [-0.2, 0) is 16.4 Å². The largest absolute Gasteiger partial charge is 0.491 e. The summed E-state index contributed by atoms with van der Waals surface area (Å²) in [6, 6.07) is 10.0. The first-order chi connectivity index (χ1) is 13.3. The Hall–Kier alpha value is -1.68. The highest BCUT2D eigenvalue weighted by atomic mass is 79.9. The summed E-state index contributed by atoms with van der Waals surface area (Å²) in [5.74, 6) is 1.48. The van der Waals surface area contributed by atoms with Gasteiger partial charge in [0.15, 0.2) is 14.5 Å². The van der Waals surface area contributed by atoms with Crippen molar-refractivity contribution in [3.63, 3.8) is 0 Å². The molecule has 1 aromatic heterocycles. The highest BCUT2D eigenvalue weighted by Crippen LogP contribution is 2.22. The summed E-state index contributed by atoms with van der Waals surface area (Å²) in [5, 5.41) is 10.4. The molecule has 1 fully saturated rings. The zero-order valence-corrected chi connectivity index (χ0v) is 17.6. The molecule has 0 spiro atoms. The molecule has 0 saturated carbocycles. The lowest BCUT2D eigenvalue weighted by molar-refractivity contribution is 0.0496. The first-order valence-electron chi connectivity index (χ1n) is 8.89. The van der Waals surface area contributed by atoms with Crippen molar-refractivity contribution in [1.82, 2.24) is 4.90 Å². The number of aliphatic hydroxyl groups is 1. The summed E-state index contributed by atoms with van der Waals surface area (Å²) in [7, 11) is -3.05. The maximum atomic E-state index is 11.9. The average molecular weight is 472 g/mol. The van der Waals surface area contributed by atoms with Crippen molar-refractivity contribution in [2.45, 2.75) is 25.1 Å². The fourth-order valence-corrected chi connectivity index (χ4v) is 5.30. The van der Waals surface area contributed by atoms with Crippen molar-refractivity contribution in [1.29, 1.82) is 0 Å². The minimum absolute atomic E-state index is 0.0538. The van der Waals surface area contributed by atoms with E-state index in [1.807, 2.05) is 11.0 Å². The third-order valence-corrected chi connectivity index (χ3v) is 6.79. The number of carbonyl (C=O) groups excluding carboxylic acids is 1. The molecule has 1 saturated heterocycles. The van der Waals surface area contributed by atoms with E-state index in [-0.39, 0.29) is 30.7 Å². The smallest absolute Gasteiger partial charge is 0.169 e. The molecule has 1 aromatic carbocycles. The molecule has 1 aliphatic rings. The van der Waals surface area contributed by atoms with Crippen LogP contribution in [0.1, 0.15) is 22.5 Å². The number of hydrogen-bond donors (Lipinski definition) is 1. The fourth-order valence-electron chi connectivity index (χ4n) is 3.20. The molecule has 2 heterocycles. The van der Waals surface area contributed by atoms with Gasteiger partial charge in [0.2, 0.25) is 0 Å². The SMILES string of the molecule is O=Cc1ccc(OCC(O)CN(Cc2ccc(Br)o2)C2CCS(=O)(=O)C2)cc1. The van der Waals surface area contributed by atoms with Crippen molar-refractivity contribution in [2.24, 2.45) is 0 Å². The van der Waals surface area contributed by atoms with Crippen molar-refractivity contribution in [3.8, 4) is 5.75 Å². The third kappa shape index (κ3) is 5.91. The number of ether oxygens (including phenoxy) is 1. The summed E-state index contributed by atoms with van der Waals surface area (Å²) in [6.45, 7) is 0.708. The number of hydrogen-bond acceptors (Lipinski definition) is 7. The minimum Gasteiger partial charge on any atom is -0.491 e. The summed E-state index contributed by atoms with van der Waals surface area (Å²) >= 11 is 3.26. The number of sulfone groups is 1. The van der Waals surface area contributed by atoms with Crippen LogP contribution in [0, 0.1) is 0 Å². The molecule has 9 heteroatoms. The highest BCUT2D eigenvalue weighted by molar-refractivity contribution is 9.10. The Balaban J connectivity index is 1.61. The topological polar surface area (TPSA) is 97.1 Å². The van der Waals surface area contributed by atoms with Crippen molar-refractivity contribution in [3.05, 3.63) is 52.4 Å². The van der Waals surface area contributed by atoms with Crippen molar-refractivity contribution < 1.29 is 27.5 Å². The van der Waals surface area contributed by atoms with E-state index in [9.17, 15) is 18.3 Å². The second kappa shape index (κ2) is 9.21. The van der Waals surface area contributed by atoms with Crippen LogP contribution in [0.4, 0.5) is 0 Å². The molecular weight excluding hydrogens is 450 g/mol. The first-order valence-corrected chi connectivity index (χ1v) is 11.5. The van der Waals surface area contributed by atoms with Crippen LogP contribution in [0.15, 0.2) is 45.5 Å². The lowest BCUT2D eigenvalue weighted by Gasteiger charge is -2.29. The monoisotopic (exact) mass is 471 g/mol. The van der Waals surface area contributed by atoms with E-state index >= 15 is 0 Å². The Labute approximate surface area is 172 Å². The van der Waals surface area contributed by atoms with Crippen LogP contribution >= 0.6 is 15.9 Å². The molecule has 0 radical (unpaired) electrons. The van der Waals surface area contributed by atoms with Gasteiger partial charge in [-0.25, -0.2) is 8.42 Å². The molecule has 152 valence electrons. The van der Waals surface area contributed by atoms with Gasteiger partial charge in [0.05, 0.1) is 18.1 Å². The van der Waals surface area contributed by atoms with E-state index in [0.29, 0.717) is 34.7 Å². The molecule has 3 rings (SSSR count). The Morgan fingerprint density at radius 1 is 1.29 bits per heavy atom. The standard InChI is InChI=1S/C19H22BrNO6S/c20-19-6-5-18(27-19)10-21(15-7-8-28(24,25)13-15)9-16(23)12-26-17-3-1-14(11-22)2-4-17/h1-6,11,15-16,23H,7-10,12-13H2. The predicted octanol–water partition coefficient (Wildman–Crippen LogP) is 2.28. The van der Waals surface area contributed by atoms with Gasteiger partial charge in [0, 0.05) is 18.2 Å². The molecule has 0 amide bonds. The normalized spacial score (nSPS) is 19.6. The zero-order valence-electron chi connectivity index (χ0n) is 15.2. The lowest BCUT2D eigenvalue weighted by atomic mass is 10.2. The Bertz CT molecular complexity index is 895. The summed E-state index contributed by atoms with van der Waals surface area (Å²) in [5.41, 5.74) is 0.547. The molecule has 0 bridgehead atoms. The van der Waals surface area contributed by atoms with E-state index in [2.05, 4.69) is 15.9 Å². The minimum atomic E-state index is -3.05. The maximum Gasteiger partial charge on any atom is 0.169 e. The van der Waals surface area contributed by atoms with Crippen LogP contribution < -0.4 is 4.74 Å². The summed E-state index contributed by atoms with van der Waals surface area (Å²) < 4.78 is 35.5. The van der Waals surface area contributed by atoms with E-state index in [1.165, 1.54) is 0 Å². The molecule has 2 unspecified atom stereocenters. The molecule has 0 aliphatic carbocycles.